The van der Waals surface area contributed by atoms with Crippen LogP contribution in [0.25, 0.3) is 0 Å². The molecule has 0 bridgehead atoms. The van der Waals surface area contributed by atoms with Gasteiger partial charge in [0.05, 0.1) is 0 Å². The van der Waals surface area contributed by atoms with E-state index in [-0.39, 0.29) is 4.83 Å². The first-order valence-corrected chi connectivity index (χ1v) is 7.95. The van der Waals surface area contributed by atoms with Crippen molar-refractivity contribution in [3.05, 3.63) is 27.3 Å². The molecule has 15 heavy (non-hydrogen) atoms. The maximum absolute atomic E-state index is 9.72. The zero-order chi connectivity index (χ0) is 11.3. The predicted octanol–water partition coefficient (Wildman–Crippen LogP) is 5.00. The second kappa shape index (κ2) is 7.12. The van der Waals surface area contributed by atoms with Gasteiger partial charge in [0, 0.05) is 19.3 Å². The molecule has 4 heteroatoms. The highest BCUT2D eigenvalue weighted by Crippen LogP contribution is 2.35. The fourth-order valence-corrected chi connectivity index (χ4v) is 2.95. The van der Waals surface area contributed by atoms with Gasteiger partial charge < -0.3 is 5.11 Å². The van der Waals surface area contributed by atoms with E-state index in [1.54, 1.807) is 6.07 Å². The van der Waals surface area contributed by atoms with Gasteiger partial charge in [-0.1, -0.05) is 38.3 Å². The first kappa shape index (κ1) is 13.8. The van der Waals surface area contributed by atoms with Gasteiger partial charge in [0.15, 0.2) is 0 Å². The highest BCUT2D eigenvalue weighted by molar-refractivity contribution is 14.1. The standard InChI is InChI=1S/C11H13Br2IO/c12-6-2-1-3-10(13)9-7-8(14)4-5-11(9)15/h4-5,7,10,15H,1-3,6H2. The average Bonchev–Trinajstić information content (AvgIpc) is 2.22. The van der Waals surface area contributed by atoms with Gasteiger partial charge in [0.2, 0.25) is 0 Å². The van der Waals surface area contributed by atoms with Gasteiger partial charge in [0.1, 0.15) is 5.75 Å². The van der Waals surface area contributed by atoms with Crippen molar-refractivity contribution < 1.29 is 5.11 Å². The van der Waals surface area contributed by atoms with Crippen molar-refractivity contribution in [3.8, 4) is 5.75 Å². The number of benzene rings is 1. The normalized spacial score (nSPS) is 12.7. The van der Waals surface area contributed by atoms with Gasteiger partial charge in [-0.05, 0) is 53.6 Å². The Balaban J connectivity index is 2.64. The molecule has 0 aromatic heterocycles. The molecular weight excluding hydrogens is 435 g/mol. The molecule has 0 amide bonds. The van der Waals surface area contributed by atoms with Crippen molar-refractivity contribution in [2.45, 2.75) is 24.1 Å². The van der Waals surface area contributed by atoms with Crippen molar-refractivity contribution in [2.75, 3.05) is 5.33 Å². The van der Waals surface area contributed by atoms with Crippen molar-refractivity contribution in [3.63, 3.8) is 0 Å². The highest BCUT2D eigenvalue weighted by Gasteiger charge is 2.11. The van der Waals surface area contributed by atoms with Crippen LogP contribution < -0.4 is 0 Å². The molecule has 1 nitrogen and oxygen atoms in total. The van der Waals surface area contributed by atoms with Crippen LogP contribution in [0, 0.1) is 3.57 Å². The molecule has 1 atom stereocenters. The van der Waals surface area contributed by atoms with Gasteiger partial charge in [-0.25, -0.2) is 0 Å². The Hall–Kier alpha value is 0.710. The van der Waals surface area contributed by atoms with Crippen LogP contribution in [0.5, 0.6) is 5.75 Å². The zero-order valence-electron chi connectivity index (χ0n) is 8.22. The highest BCUT2D eigenvalue weighted by atomic mass is 127. The molecule has 0 saturated heterocycles. The van der Waals surface area contributed by atoms with Crippen LogP contribution in [0.1, 0.15) is 29.7 Å². The zero-order valence-corrected chi connectivity index (χ0v) is 13.5. The van der Waals surface area contributed by atoms with Crippen LogP contribution in [-0.2, 0) is 0 Å². The van der Waals surface area contributed by atoms with E-state index in [2.05, 4.69) is 54.5 Å². The van der Waals surface area contributed by atoms with Gasteiger partial charge in [-0.15, -0.1) is 0 Å². The molecule has 1 unspecified atom stereocenters. The van der Waals surface area contributed by atoms with Gasteiger partial charge >= 0.3 is 0 Å². The summed E-state index contributed by atoms with van der Waals surface area (Å²) >= 11 is 9.30. The Morgan fingerprint density at radius 2 is 2.07 bits per heavy atom. The lowest BCUT2D eigenvalue weighted by atomic mass is 10.1. The van der Waals surface area contributed by atoms with Crippen molar-refractivity contribution in [2.24, 2.45) is 0 Å². The van der Waals surface area contributed by atoms with Gasteiger partial charge in [-0.2, -0.15) is 0 Å². The topological polar surface area (TPSA) is 20.2 Å². The van der Waals surface area contributed by atoms with Gasteiger partial charge in [0.25, 0.3) is 0 Å². The molecule has 1 rings (SSSR count). The van der Waals surface area contributed by atoms with E-state index < -0.39 is 0 Å². The van der Waals surface area contributed by atoms with Crippen molar-refractivity contribution in [1.82, 2.24) is 0 Å². The average molecular weight is 448 g/mol. The van der Waals surface area contributed by atoms with E-state index in [9.17, 15) is 5.11 Å². The largest absolute Gasteiger partial charge is 0.508 e. The molecule has 0 heterocycles. The Labute approximate surface area is 121 Å². The quantitative estimate of drug-likeness (QED) is 0.382. The van der Waals surface area contributed by atoms with E-state index >= 15 is 0 Å². The summed E-state index contributed by atoms with van der Waals surface area (Å²) in [5, 5.41) is 10.8. The number of phenolic OH excluding ortho intramolecular Hbond substituents is 1. The molecule has 0 aliphatic heterocycles. The molecule has 1 aromatic rings. The van der Waals surface area contributed by atoms with E-state index in [4.69, 9.17) is 0 Å². The van der Waals surface area contributed by atoms with E-state index in [0.29, 0.717) is 5.75 Å². The summed E-state index contributed by atoms with van der Waals surface area (Å²) < 4.78 is 1.16. The molecule has 0 spiro atoms. The Bertz CT molecular complexity index is 317. The number of rotatable bonds is 5. The third-order valence-electron chi connectivity index (χ3n) is 2.17. The molecule has 0 aliphatic rings. The summed E-state index contributed by atoms with van der Waals surface area (Å²) in [7, 11) is 0. The summed E-state index contributed by atoms with van der Waals surface area (Å²) in [6.45, 7) is 0. The van der Waals surface area contributed by atoms with Crippen LogP contribution in [0.2, 0.25) is 0 Å². The minimum Gasteiger partial charge on any atom is -0.508 e. The smallest absolute Gasteiger partial charge is 0.119 e. The van der Waals surface area contributed by atoms with E-state index in [1.165, 1.54) is 6.42 Å². The predicted molar refractivity (Wildman–Crippen MR) is 80.1 cm³/mol. The van der Waals surface area contributed by atoms with E-state index in [0.717, 1.165) is 27.3 Å². The number of phenols is 1. The monoisotopic (exact) mass is 446 g/mol. The van der Waals surface area contributed by atoms with Crippen LogP contribution in [-0.4, -0.2) is 10.4 Å². The maximum atomic E-state index is 9.72. The fourth-order valence-electron chi connectivity index (χ4n) is 1.35. The second-order valence-electron chi connectivity index (χ2n) is 3.36. The SMILES string of the molecule is Oc1ccc(I)cc1C(Br)CCCCBr. The van der Waals surface area contributed by atoms with Crippen molar-refractivity contribution in [1.29, 1.82) is 0 Å². The lowest BCUT2D eigenvalue weighted by Crippen LogP contribution is -1.92. The van der Waals surface area contributed by atoms with Crippen LogP contribution in [0.4, 0.5) is 0 Å². The van der Waals surface area contributed by atoms with E-state index in [1.807, 2.05) is 12.1 Å². The molecule has 1 aromatic carbocycles. The lowest BCUT2D eigenvalue weighted by molar-refractivity contribution is 0.466. The van der Waals surface area contributed by atoms with Gasteiger partial charge in [-0.3, -0.25) is 0 Å². The number of halogens is 3. The number of hydrogen-bond donors (Lipinski definition) is 1. The van der Waals surface area contributed by atoms with Crippen molar-refractivity contribution >= 4 is 54.5 Å². The minimum absolute atomic E-state index is 0.256. The molecule has 0 fully saturated rings. The Morgan fingerprint density at radius 1 is 1.33 bits per heavy atom. The third kappa shape index (κ3) is 4.61. The number of unbranched alkanes of at least 4 members (excludes halogenated alkanes) is 1. The summed E-state index contributed by atoms with van der Waals surface area (Å²) in [6, 6.07) is 5.71. The first-order chi connectivity index (χ1) is 7.15. The Morgan fingerprint density at radius 3 is 2.73 bits per heavy atom. The first-order valence-electron chi connectivity index (χ1n) is 4.83. The van der Waals surface area contributed by atoms with Crippen LogP contribution in [0.15, 0.2) is 18.2 Å². The number of alkyl halides is 2. The second-order valence-corrected chi connectivity index (χ2v) is 6.50. The van der Waals surface area contributed by atoms with Crippen LogP contribution in [0.3, 0.4) is 0 Å². The summed E-state index contributed by atoms with van der Waals surface area (Å²) in [5.41, 5.74) is 0.997. The number of hydrogen-bond acceptors (Lipinski definition) is 1. The molecular formula is C11H13Br2IO. The Kier molecular flexibility index (Phi) is 6.54. The molecule has 1 N–H and O–H groups in total. The molecule has 0 saturated carbocycles. The third-order valence-corrected chi connectivity index (χ3v) is 4.35. The molecule has 0 aliphatic carbocycles. The summed E-state index contributed by atoms with van der Waals surface area (Å²) in [4.78, 5) is 0.256. The lowest BCUT2D eigenvalue weighted by Gasteiger charge is -2.11. The summed E-state index contributed by atoms with van der Waals surface area (Å²) in [5.74, 6) is 0.385. The van der Waals surface area contributed by atoms with Crippen LogP contribution >= 0.6 is 54.5 Å². The fraction of sp³-hybridized carbons (Fsp3) is 0.455. The number of aromatic hydroxyl groups is 1. The maximum Gasteiger partial charge on any atom is 0.119 e. The summed E-state index contributed by atoms with van der Waals surface area (Å²) in [6.07, 6.45) is 3.39. The molecule has 84 valence electrons. The molecule has 0 radical (unpaired) electrons. The minimum atomic E-state index is 0.256.